The number of rotatable bonds is 7. The summed E-state index contributed by atoms with van der Waals surface area (Å²) in [5.74, 6) is -0.463. The number of nitrogens with zero attached hydrogens (tertiary/aromatic N) is 3. The molecule has 0 bridgehead atoms. The molecule has 2 heterocycles. The van der Waals surface area contributed by atoms with Gasteiger partial charge >= 0.3 is 11.7 Å². The van der Waals surface area contributed by atoms with Crippen molar-refractivity contribution in [2.75, 3.05) is 24.7 Å². The summed E-state index contributed by atoms with van der Waals surface area (Å²) in [5, 5.41) is 21.3. The predicted octanol–water partition coefficient (Wildman–Crippen LogP) is 4.00. The molecule has 1 aromatic heterocycles. The van der Waals surface area contributed by atoms with E-state index in [-0.39, 0.29) is 17.3 Å². The van der Waals surface area contributed by atoms with Crippen LogP contribution in [0.15, 0.2) is 36.5 Å². The van der Waals surface area contributed by atoms with Crippen LogP contribution >= 0.6 is 0 Å². The Balaban J connectivity index is 2.07. The molecule has 29 heavy (non-hydrogen) atoms. The van der Waals surface area contributed by atoms with Crippen LogP contribution in [0.1, 0.15) is 37.0 Å². The molecule has 0 radical (unpaired) electrons. The Morgan fingerprint density at radius 2 is 2.03 bits per heavy atom. The van der Waals surface area contributed by atoms with Gasteiger partial charge in [0.15, 0.2) is 0 Å². The lowest BCUT2D eigenvalue weighted by atomic mass is 10.00. The second-order valence-corrected chi connectivity index (χ2v) is 7.56. The van der Waals surface area contributed by atoms with Crippen molar-refractivity contribution in [1.29, 1.82) is 0 Å². The molecule has 1 saturated heterocycles. The maximum Gasteiger partial charge on any atom is 0.336 e. The van der Waals surface area contributed by atoms with E-state index in [4.69, 9.17) is 4.74 Å². The average molecular weight is 399 g/mol. The fourth-order valence-corrected chi connectivity index (χ4v) is 3.67. The highest BCUT2D eigenvalue weighted by molar-refractivity contribution is 5.96. The van der Waals surface area contributed by atoms with Crippen molar-refractivity contribution in [3.63, 3.8) is 0 Å². The molecular weight excluding hydrogens is 374 g/mol. The number of anilines is 1. The van der Waals surface area contributed by atoms with Crippen molar-refractivity contribution in [3.8, 4) is 11.1 Å². The lowest BCUT2D eigenvalue weighted by Crippen LogP contribution is -2.42. The molecule has 1 aliphatic rings. The fraction of sp³-hybridized carbons (Fsp3) is 0.429. The summed E-state index contributed by atoms with van der Waals surface area (Å²) in [6.07, 6.45) is 3.10. The zero-order chi connectivity index (χ0) is 21.0. The van der Waals surface area contributed by atoms with E-state index >= 15 is 0 Å². The highest BCUT2D eigenvalue weighted by atomic mass is 16.6. The van der Waals surface area contributed by atoms with Gasteiger partial charge in [0.05, 0.1) is 10.5 Å². The highest BCUT2D eigenvalue weighted by Gasteiger charge is 2.30. The molecule has 0 atom stereocenters. The standard InChI is InChI=1S/C21H25N3O5/c1-14(2)13-23(16-7-9-29-10-8-16)20-19(24(27)28)11-15(12-22-20)17-5-3-4-6-18(17)21(25)26/h3-6,11-12,14,16H,7-10,13H2,1-2H3,(H,25,26). The first-order valence-electron chi connectivity index (χ1n) is 9.70. The van der Waals surface area contributed by atoms with Crippen molar-refractivity contribution in [2.45, 2.75) is 32.7 Å². The Bertz CT molecular complexity index is 894. The molecule has 1 fully saturated rings. The maximum absolute atomic E-state index is 11.9. The number of aromatic nitrogens is 1. The van der Waals surface area contributed by atoms with E-state index < -0.39 is 10.9 Å². The molecule has 154 valence electrons. The van der Waals surface area contributed by atoms with Gasteiger partial charge in [-0.25, -0.2) is 9.78 Å². The van der Waals surface area contributed by atoms with Gasteiger partial charge in [0, 0.05) is 43.6 Å². The van der Waals surface area contributed by atoms with Crippen molar-refractivity contribution in [2.24, 2.45) is 5.92 Å². The third-order valence-corrected chi connectivity index (χ3v) is 4.98. The molecule has 1 N–H and O–H groups in total. The van der Waals surface area contributed by atoms with Crippen molar-refractivity contribution < 1.29 is 19.6 Å². The van der Waals surface area contributed by atoms with Crippen LogP contribution in [0.2, 0.25) is 0 Å². The molecule has 3 rings (SSSR count). The smallest absolute Gasteiger partial charge is 0.336 e. The zero-order valence-electron chi connectivity index (χ0n) is 16.6. The van der Waals surface area contributed by atoms with Crippen LogP contribution in [0, 0.1) is 16.0 Å². The first-order valence-corrected chi connectivity index (χ1v) is 9.70. The first-order chi connectivity index (χ1) is 13.9. The van der Waals surface area contributed by atoms with Crippen LogP contribution < -0.4 is 4.90 Å². The molecule has 8 nitrogen and oxygen atoms in total. The summed E-state index contributed by atoms with van der Waals surface area (Å²) < 4.78 is 5.44. The number of benzene rings is 1. The van der Waals surface area contributed by atoms with Crippen LogP contribution in [-0.2, 0) is 4.74 Å². The van der Waals surface area contributed by atoms with Crippen LogP contribution in [-0.4, -0.2) is 46.8 Å². The first kappa shape index (κ1) is 20.7. The molecule has 0 unspecified atom stereocenters. The SMILES string of the molecule is CC(C)CN(c1ncc(-c2ccccc2C(=O)O)cc1[N+](=O)[O-])C1CCOCC1. The van der Waals surface area contributed by atoms with E-state index in [0.717, 1.165) is 12.8 Å². The van der Waals surface area contributed by atoms with Crippen molar-refractivity contribution >= 4 is 17.5 Å². The minimum absolute atomic E-state index is 0.0832. The second kappa shape index (κ2) is 9.00. The summed E-state index contributed by atoms with van der Waals surface area (Å²) in [4.78, 5) is 29.5. The van der Waals surface area contributed by atoms with Gasteiger partial charge < -0.3 is 14.7 Å². The van der Waals surface area contributed by atoms with Crippen molar-refractivity contribution in [1.82, 2.24) is 4.98 Å². The van der Waals surface area contributed by atoms with Crippen LogP contribution in [0.25, 0.3) is 11.1 Å². The van der Waals surface area contributed by atoms with Gasteiger partial charge in [0.2, 0.25) is 5.82 Å². The van der Waals surface area contributed by atoms with E-state index in [9.17, 15) is 20.0 Å². The number of hydrogen-bond acceptors (Lipinski definition) is 6. The predicted molar refractivity (Wildman–Crippen MR) is 109 cm³/mol. The molecule has 0 spiro atoms. The topological polar surface area (TPSA) is 106 Å². The molecular formula is C21H25N3O5. The highest BCUT2D eigenvalue weighted by Crippen LogP contribution is 2.35. The Labute approximate surface area is 169 Å². The Morgan fingerprint density at radius 3 is 2.66 bits per heavy atom. The van der Waals surface area contributed by atoms with E-state index in [1.165, 1.54) is 18.3 Å². The van der Waals surface area contributed by atoms with Gasteiger partial charge in [-0.05, 0) is 30.4 Å². The lowest BCUT2D eigenvalue weighted by Gasteiger charge is -2.36. The number of carboxylic acid groups (broad SMARTS) is 1. The second-order valence-electron chi connectivity index (χ2n) is 7.56. The quantitative estimate of drug-likeness (QED) is 0.554. The zero-order valence-corrected chi connectivity index (χ0v) is 16.6. The number of ether oxygens (including phenoxy) is 1. The number of carboxylic acids is 1. The van der Waals surface area contributed by atoms with Crippen LogP contribution in [0.5, 0.6) is 0 Å². The number of carbonyl (C=O) groups is 1. The number of aromatic carboxylic acids is 1. The Hall–Kier alpha value is -3.00. The van der Waals surface area contributed by atoms with Gasteiger partial charge in [-0.2, -0.15) is 0 Å². The van der Waals surface area contributed by atoms with Crippen LogP contribution in [0.3, 0.4) is 0 Å². The molecule has 1 aliphatic heterocycles. The minimum Gasteiger partial charge on any atom is -0.478 e. The van der Waals surface area contributed by atoms with Gasteiger partial charge in [-0.1, -0.05) is 32.0 Å². The molecule has 0 saturated carbocycles. The molecule has 0 aliphatic carbocycles. The van der Waals surface area contributed by atoms with Gasteiger partial charge in [0.1, 0.15) is 0 Å². The normalized spacial score (nSPS) is 14.7. The van der Waals surface area contributed by atoms with E-state index in [1.54, 1.807) is 18.2 Å². The van der Waals surface area contributed by atoms with Gasteiger partial charge in [0.25, 0.3) is 0 Å². The maximum atomic E-state index is 11.9. The summed E-state index contributed by atoms with van der Waals surface area (Å²) in [6.45, 7) is 6.02. The number of pyridine rings is 1. The van der Waals surface area contributed by atoms with E-state index in [1.807, 2.05) is 4.90 Å². The molecule has 8 heteroatoms. The Morgan fingerprint density at radius 1 is 1.34 bits per heavy atom. The number of nitro groups is 1. The lowest BCUT2D eigenvalue weighted by molar-refractivity contribution is -0.384. The van der Waals surface area contributed by atoms with Crippen LogP contribution in [0.4, 0.5) is 11.5 Å². The van der Waals surface area contributed by atoms with Gasteiger partial charge in [-0.3, -0.25) is 10.1 Å². The van der Waals surface area contributed by atoms with E-state index in [2.05, 4.69) is 18.8 Å². The third-order valence-electron chi connectivity index (χ3n) is 4.98. The summed E-state index contributed by atoms with van der Waals surface area (Å²) in [6, 6.07) is 7.98. The van der Waals surface area contributed by atoms with Gasteiger partial charge in [-0.15, -0.1) is 0 Å². The van der Waals surface area contributed by atoms with E-state index in [0.29, 0.717) is 42.6 Å². The summed E-state index contributed by atoms with van der Waals surface area (Å²) in [5.41, 5.74) is 0.785. The average Bonchev–Trinajstić information content (AvgIpc) is 2.72. The molecule has 0 amide bonds. The summed E-state index contributed by atoms with van der Waals surface area (Å²) in [7, 11) is 0. The fourth-order valence-electron chi connectivity index (χ4n) is 3.67. The largest absolute Gasteiger partial charge is 0.478 e. The van der Waals surface area contributed by atoms with Crippen molar-refractivity contribution in [3.05, 3.63) is 52.2 Å². The minimum atomic E-state index is -1.09. The number of hydrogen-bond donors (Lipinski definition) is 1. The summed E-state index contributed by atoms with van der Waals surface area (Å²) >= 11 is 0. The molecule has 2 aromatic rings. The monoisotopic (exact) mass is 399 g/mol. The third kappa shape index (κ3) is 4.71. The molecule has 1 aromatic carbocycles. The Kier molecular flexibility index (Phi) is 6.43.